The van der Waals surface area contributed by atoms with Gasteiger partial charge in [-0.1, -0.05) is 41.7 Å². The van der Waals surface area contributed by atoms with Gasteiger partial charge in [0.25, 0.3) is 0 Å². The summed E-state index contributed by atoms with van der Waals surface area (Å²) in [5, 5.41) is 6.52. The van der Waals surface area contributed by atoms with Crippen LogP contribution in [-0.4, -0.2) is 42.3 Å². The van der Waals surface area contributed by atoms with Crippen molar-refractivity contribution in [3.8, 4) is 0 Å². The summed E-state index contributed by atoms with van der Waals surface area (Å²) >= 11 is 6.75. The second-order valence-electron chi connectivity index (χ2n) is 6.46. The number of morpholine rings is 1. The van der Waals surface area contributed by atoms with E-state index in [1.807, 2.05) is 36.4 Å². The van der Waals surface area contributed by atoms with E-state index >= 15 is 0 Å². The highest BCUT2D eigenvalue weighted by Gasteiger charge is 2.13. The van der Waals surface area contributed by atoms with Crippen molar-refractivity contribution in [3.05, 3.63) is 60.2 Å². The predicted octanol–water partition coefficient (Wildman–Crippen LogP) is 3.66. The lowest BCUT2D eigenvalue weighted by Gasteiger charge is -2.28. The maximum absolute atomic E-state index is 12.1. The Labute approximate surface area is 178 Å². The fourth-order valence-electron chi connectivity index (χ4n) is 3.00. The van der Waals surface area contributed by atoms with Crippen LogP contribution in [-0.2, 0) is 9.53 Å². The lowest BCUT2D eigenvalue weighted by Crippen LogP contribution is -2.36. The van der Waals surface area contributed by atoms with E-state index < -0.39 is 0 Å². The molecule has 4 rings (SSSR count). The average Bonchev–Trinajstić information content (AvgIpc) is 3.14. The van der Waals surface area contributed by atoms with Gasteiger partial charge in [0, 0.05) is 24.9 Å². The van der Waals surface area contributed by atoms with E-state index in [1.54, 1.807) is 6.08 Å². The lowest BCUT2D eigenvalue weighted by molar-refractivity contribution is -0.115. The number of ether oxygens (including phenoxy) is 1. The number of hydrogen-bond acceptors (Lipinski definition) is 6. The van der Waals surface area contributed by atoms with Crippen LogP contribution in [0.1, 0.15) is 5.56 Å². The zero-order valence-corrected chi connectivity index (χ0v) is 17.3. The first-order valence-corrected chi connectivity index (χ1v) is 10.5. The summed E-state index contributed by atoms with van der Waals surface area (Å²) < 4.78 is 6.48. The fraction of sp³-hybridized carbons (Fsp3) is 0.190. The summed E-state index contributed by atoms with van der Waals surface area (Å²) in [6.07, 6.45) is 3.19. The van der Waals surface area contributed by atoms with Crippen LogP contribution in [0, 0.1) is 0 Å². The minimum absolute atomic E-state index is 0.222. The summed E-state index contributed by atoms with van der Waals surface area (Å²) in [5.41, 5.74) is 3.01. The summed E-state index contributed by atoms with van der Waals surface area (Å²) in [6.45, 7) is 3.28. The summed E-state index contributed by atoms with van der Waals surface area (Å²) in [4.78, 5) is 18.9. The highest BCUT2D eigenvalue weighted by molar-refractivity contribution is 7.80. The number of thiocarbonyl (C=S) groups is 1. The second kappa shape index (κ2) is 9.13. The molecule has 1 amide bonds. The number of carbonyl (C=O) groups excluding carboxylic acids is 1. The van der Waals surface area contributed by atoms with Crippen LogP contribution in [0.25, 0.3) is 16.3 Å². The number of rotatable bonds is 4. The van der Waals surface area contributed by atoms with Gasteiger partial charge in [-0.3, -0.25) is 10.1 Å². The number of carbonyl (C=O) groups is 1. The van der Waals surface area contributed by atoms with Gasteiger partial charge in [-0.25, -0.2) is 4.98 Å². The Kier molecular flexibility index (Phi) is 6.14. The summed E-state index contributed by atoms with van der Waals surface area (Å²) in [5.74, 6) is -0.290. The van der Waals surface area contributed by atoms with Gasteiger partial charge in [0.1, 0.15) is 0 Å². The third-order valence-electron chi connectivity index (χ3n) is 4.43. The molecule has 0 aliphatic carbocycles. The molecule has 0 spiro atoms. The molecule has 1 aliphatic heterocycles. The molecule has 0 unspecified atom stereocenters. The molecular weight excluding hydrogens is 404 g/mol. The van der Waals surface area contributed by atoms with Gasteiger partial charge in [-0.2, -0.15) is 0 Å². The van der Waals surface area contributed by atoms with Gasteiger partial charge < -0.3 is 15.0 Å². The van der Waals surface area contributed by atoms with E-state index in [4.69, 9.17) is 17.0 Å². The molecule has 0 atom stereocenters. The van der Waals surface area contributed by atoms with Crippen LogP contribution in [0.5, 0.6) is 0 Å². The van der Waals surface area contributed by atoms with Crippen molar-refractivity contribution in [2.75, 3.05) is 36.5 Å². The Hall–Kier alpha value is -2.81. The normalized spacial score (nSPS) is 14.3. The Morgan fingerprint density at radius 1 is 1.17 bits per heavy atom. The smallest absolute Gasteiger partial charge is 0.250 e. The Morgan fingerprint density at radius 3 is 2.76 bits per heavy atom. The van der Waals surface area contributed by atoms with Crippen LogP contribution in [0.3, 0.4) is 0 Å². The number of thiazole rings is 1. The molecule has 1 aliphatic rings. The second-order valence-corrected chi connectivity index (χ2v) is 7.90. The third kappa shape index (κ3) is 5.17. The molecule has 1 saturated heterocycles. The number of nitrogens with one attached hydrogen (secondary N) is 2. The van der Waals surface area contributed by atoms with E-state index in [1.165, 1.54) is 17.4 Å². The molecule has 2 heterocycles. The Balaban J connectivity index is 1.37. The molecule has 2 aromatic carbocycles. The van der Waals surface area contributed by atoms with Crippen LogP contribution in [0.4, 0.5) is 10.8 Å². The van der Waals surface area contributed by atoms with Gasteiger partial charge >= 0.3 is 0 Å². The Morgan fingerprint density at radius 2 is 1.97 bits per heavy atom. The van der Waals surface area contributed by atoms with Crippen LogP contribution in [0.15, 0.2) is 54.6 Å². The largest absolute Gasteiger partial charge is 0.378 e. The first-order valence-electron chi connectivity index (χ1n) is 9.26. The molecule has 1 aromatic heterocycles. The monoisotopic (exact) mass is 424 g/mol. The van der Waals surface area contributed by atoms with Gasteiger partial charge in [-0.15, -0.1) is 0 Å². The zero-order valence-electron chi connectivity index (χ0n) is 15.6. The third-order valence-corrected chi connectivity index (χ3v) is 5.57. The van der Waals surface area contributed by atoms with Gasteiger partial charge in [-0.05, 0) is 42.1 Å². The minimum Gasteiger partial charge on any atom is -0.378 e. The molecule has 6 nitrogen and oxygen atoms in total. The highest BCUT2D eigenvalue weighted by atomic mass is 32.1. The number of nitrogens with zero attached hydrogens (tertiary/aromatic N) is 2. The van der Waals surface area contributed by atoms with Crippen molar-refractivity contribution in [1.29, 1.82) is 0 Å². The van der Waals surface area contributed by atoms with Crippen molar-refractivity contribution in [1.82, 2.24) is 10.3 Å². The molecule has 1 fully saturated rings. The van der Waals surface area contributed by atoms with E-state index in [-0.39, 0.29) is 11.0 Å². The van der Waals surface area contributed by atoms with Crippen molar-refractivity contribution in [2.45, 2.75) is 0 Å². The Bertz CT molecular complexity index is 1040. The molecule has 29 heavy (non-hydrogen) atoms. The number of amides is 1. The maximum atomic E-state index is 12.1. The van der Waals surface area contributed by atoms with E-state index in [9.17, 15) is 4.79 Å². The van der Waals surface area contributed by atoms with Gasteiger partial charge in [0.05, 0.1) is 23.4 Å². The topological polar surface area (TPSA) is 66.5 Å². The molecular formula is C21H20N4O2S2. The van der Waals surface area contributed by atoms with E-state index in [0.29, 0.717) is 5.13 Å². The molecule has 0 radical (unpaired) electrons. The zero-order chi connectivity index (χ0) is 20.1. The first-order chi connectivity index (χ1) is 14.2. The number of anilines is 2. The lowest BCUT2D eigenvalue weighted by atomic mass is 10.2. The fourth-order valence-corrected chi connectivity index (χ4v) is 4.17. The van der Waals surface area contributed by atoms with Crippen molar-refractivity contribution in [2.24, 2.45) is 0 Å². The number of fused-ring (bicyclic) bond motifs is 1. The molecule has 0 saturated carbocycles. The number of aromatic nitrogens is 1. The van der Waals surface area contributed by atoms with E-state index in [0.717, 1.165) is 47.8 Å². The average molecular weight is 425 g/mol. The SMILES string of the molecule is O=C(C=Cc1ccccc1)NC(=S)Nc1nc2ccc(N3CCOCC3)cc2s1. The van der Waals surface area contributed by atoms with E-state index in [2.05, 4.69) is 32.7 Å². The van der Waals surface area contributed by atoms with Crippen molar-refractivity contribution < 1.29 is 9.53 Å². The van der Waals surface area contributed by atoms with Crippen molar-refractivity contribution in [3.63, 3.8) is 0 Å². The standard InChI is InChI=1S/C21H20N4O2S2/c26-19(9-6-15-4-2-1-3-5-15)23-20(28)24-21-22-17-8-7-16(14-18(17)29-21)25-10-12-27-13-11-25/h1-9,14H,10-13H2,(H2,22,23,24,26,28). The minimum atomic E-state index is -0.290. The summed E-state index contributed by atoms with van der Waals surface area (Å²) in [6, 6.07) is 15.8. The highest BCUT2D eigenvalue weighted by Crippen LogP contribution is 2.30. The van der Waals surface area contributed by atoms with Gasteiger partial charge in [0.15, 0.2) is 10.2 Å². The van der Waals surface area contributed by atoms with Crippen LogP contribution >= 0.6 is 23.6 Å². The maximum Gasteiger partial charge on any atom is 0.250 e. The molecule has 3 aromatic rings. The molecule has 8 heteroatoms. The molecule has 148 valence electrons. The number of hydrogen-bond donors (Lipinski definition) is 2. The number of benzene rings is 2. The molecule has 0 bridgehead atoms. The van der Waals surface area contributed by atoms with Crippen LogP contribution in [0.2, 0.25) is 0 Å². The van der Waals surface area contributed by atoms with Crippen LogP contribution < -0.4 is 15.5 Å². The van der Waals surface area contributed by atoms with Crippen molar-refractivity contribution >= 4 is 61.7 Å². The van der Waals surface area contributed by atoms with Gasteiger partial charge in [0.2, 0.25) is 5.91 Å². The first kappa shape index (κ1) is 19.5. The predicted molar refractivity (Wildman–Crippen MR) is 122 cm³/mol. The quantitative estimate of drug-likeness (QED) is 0.492. The summed E-state index contributed by atoms with van der Waals surface area (Å²) in [7, 11) is 0. The molecule has 2 N–H and O–H groups in total.